The molecule has 1 fully saturated rings. The summed E-state index contributed by atoms with van der Waals surface area (Å²) in [6, 6.07) is 11.4. The van der Waals surface area contributed by atoms with E-state index in [9.17, 15) is 0 Å². The van der Waals surface area contributed by atoms with E-state index in [-0.39, 0.29) is 5.92 Å². The summed E-state index contributed by atoms with van der Waals surface area (Å²) < 4.78 is 1.12. The van der Waals surface area contributed by atoms with Crippen molar-refractivity contribution in [2.24, 2.45) is 5.92 Å². The first-order valence-electron chi connectivity index (χ1n) is 6.08. The molecule has 2 rings (SSSR count). The standard InChI is InChI=1S/C14H17BrN2/c1-17(14-4-2-3-12(15)9-14)13-7-5-11(10-16)6-8-13/h2-4,9,11,13H,5-8H2,1H3. The fourth-order valence-corrected chi connectivity index (χ4v) is 2.89. The molecule has 3 heteroatoms. The molecule has 0 saturated heterocycles. The number of halogens is 1. The molecule has 2 nitrogen and oxygen atoms in total. The largest absolute Gasteiger partial charge is 0.372 e. The van der Waals surface area contributed by atoms with Gasteiger partial charge in [0.05, 0.1) is 6.07 Å². The van der Waals surface area contributed by atoms with E-state index in [4.69, 9.17) is 5.26 Å². The van der Waals surface area contributed by atoms with Gasteiger partial charge >= 0.3 is 0 Å². The Morgan fingerprint density at radius 2 is 2.00 bits per heavy atom. The second-order valence-corrected chi connectivity index (χ2v) is 5.64. The van der Waals surface area contributed by atoms with Crippen molar-refractivity contribution in [1.82, 2.24) is 0 Å². The number of rotatable bonds is 2. The zero-order valence-corrected chi connectivity index (χ0v) is 11.7. The fourth-order valence-electron chi connectivity index (χ4n) is 2.50. The van der Waals surface area contributed by atoms with E-state index in [1.807, 2.05) is 6.07 Å². The first-order chi connectivity index (χ1) is 8.20. The lowest BCUT2D eigenvalue weighted by Gasteiger charge is -2.34. The molecule has 0 heterocycles. The maximum Gasteiger partial charge on any atom is 0.0655 e. The van der Waals surface area contributed by atoms with Gasteiger partial charge in [-0.25, -0.2) is 0 Å². The summed E-state index contributed by atoms with van der Waals surface area (Å²) in [4.78, 5) is 2.35. The van der Waals surface area contributed by atoms with Crippen molar-refractivity contribution in [3.8, 4) is 6.07 Å². The highest BCUT2D eigenvalue weighted by molar-refractivity contribution is 9.10. The van der Waals surface area contributed by atoms with Crippen LogP contribution in [0.25, 0.3) is 0 Å². The minimum absolute atomic E-state index is 0.280. The molecular weight excluding hydrogens is 276 g/mol. The summed E-state index contributed by atoms with van der Waals surface area (Å²) in [5, 5.41) is 8.90. The van der Waals surface area contributed by atoms with Crippen molar-refractivity contribution in [2.45, 2.75) is 31.7 Å². The Bertz CT molecular complexity index is 416. The van der Waals surface area contributed by atoms with Gasteiger partial charge in [-0.1, -0.05) is 22.0 Å². The number of hydrogen-bond acceptors (Lipinski definition) is 2. The lowest BCUT2D eigenvalue weighted by atomic mass is 9.86. The molecule has 90 valence electrons. The zero-order valence-electron chi connectivity index (χ0n) is 10.1. The van der Waals surface area contributed by atoms with Crippen LogP contribution in [-0.4, -0.2) is 13.1 Å². The van der Waals surface area contributed by atoms with E-state index in [0.717, 1.165) is 30.2 Å². The van der Waals surface area contributed by atoms with Crippen LogP contribution in [0.4, 0.5) is 5.69 Å². The number of nitrogens with zero attached hydrogens (tertiary/aromatic N) is 2. The molecule has 0 aliphatic heterocycles. The van der Waals surface area contributed by atoms with Crippen LogP contribution in [0.5, 0.6) is 0 Å². The minimum atomic E-state index is 0.280. The van der Waals surface area contributed by atoms with Crippen molar-refractivity contribution >= 4 is 21.6 Å². The number of benzene rings is 1. The average Bonchev–Trinajstić information content (AvgIpc) is 2.38. The Hall–Kier alpha value is -1.01. The first-order valence-corrected chi connectivity index (χ1v) is 6.88. The second-order valence-electron chi connectivity index (χ2n) is 4.73. The van der Waals surface area contributed by atoms with E-state index >= 15 is 0 Å². The predicted octanol–water partition coefficient (Wildman–Crippen LogP) is 3.97. The molecule has 1 aliphatic rings. The molecule has 0 radical (unpaired) electrons. The van der Waals surface area contributed by atoms with Gasteiger partial charge in [0.25, 0.3) is 0 Å². The van der Waals surface area contributed by atoms with Crippen molar-refractivity contribution in [3.63, 3.8) is 0 Å². The van der Waals surface area contributed by atoms with E-state index in [2.05, 4.69) is 52.1 Å². The van der Waals surface area contributed by atoms with Crippen molar-refractivity contribution in [3.05, 3.63) is 28.7 Å². The van der Waals surface area contributed by atoms with Gasteiger partial charge in [-0.15, -0.1) is 0 Å². The molecule has 1 aromatic carbocycles. The van der Waals surface area contributed by atoms with E-state index in [0.29, 0.717) is 6.04 Å². The number of anilines is 1. The maximum atomic E-state index is 8.90. The summed E-state index contributed by atoms with van der Waals surface area (Å²) >= 11 is 3.51. The highest BCUT2D eigenvalue weighted by Crippen LogP contribution is 2.30. The molecule has 0 unspecified atom stereocenters. The highest BCUT2D eigenvalue weighted by atomic mass is 79.9. The Balaban J connectivity index is 2.02. The van der Waals surface area contributed by atoms with Crippen LogP contribution in [0.2, 0.25) is 0 Å². The lowest BCUT2D eigenvalue weighted by Crippen LogP contribution is -2.34. The molecule has 1 aromatic rings. The summed E-state index contributed by atoms with van der Waals surface area (Å²) in [5.41, 5.74) is 1.25. The van der Waals surface area contributed by atoms with Gasteiger partial charge in [-0.05, 0) is 43.9 Å². The Morgan fingerprint density at radius 1 is 1.29 bits per heavy atom. The first kappa shape index (κ1) is 12.4. The van der Waals surface area contributed by atoms with E-state index in [1.165, 1.54) is 5.69 Å². The molecule has 0 spiro atoms. The molecule has 0 bridgehead atoms. The molecule has 1 aliphatic carbocycles. The van der Waals surface area contributed by atoms with Gasteiger partial charge < -0.3 is 4.90 Å². The second kappa shape index (κ2) is 5.55. The fraction of sp³-hybridized carbons (Fsp3) is 0.500. The van der Waals surface area contributed by atoms with Crippen LogP contribution in [0.15, 0.2) is 28.7 Å². The van der Waals surface area contributed by atoms with E-state index < -0.39 is 0 Å². The monoisotopic (exact) mass is 292 g/mol. The van der Waals surface area contributed by atoms with Crippen molar-refractivity contribution in [1.29, 1.82) is 5.26 Å². The van der Waals surface area contributed by atoms with E-state index in [1.54, 1.807) is 0 Å². The quantitative estimate of drug-likeness (QED) is 0.825. The van der Waals surface area contributed by atoms with Gasteiger partial charge in [-0.3, -0.25) is 0 Å². The molecule has 0 aromatic heterocycles. The highest BCUT2D eigenvalue weighted by Gasteiger charge is 2.23. The SMILES string of the molecule is CN(c1cccc(Br)c1)C1CCC(C#N)CC1. The topological polar surface area (TPSA) is 27.0 Å². The predicted molar refractivity (Wildman–Crippen MR) is 73.9 cm³/mol. The molecule has 0 N–H and O–H groups in total. The van der Waals surface area contributed by atoms with Crippen LogP contribution in [0.1, 0.15) is 25.7 Å². The molecular formula is C14H17BrN2. The molecule has 17 heavy (non-hydrogen) atoms. The van der Waals surface area contributed by atoms with Gasteiger partial charge in [-0.2, -0.15) is 5.26 Å². The minimum Gasteiger partial charge on any atom is -0.372 e. The van der Waals surface area contributed by atoms with Gasteiger partial charge in [0.15, 0.2) is 0 Å². The van der Waals surface area contributed by atoms with Crippen LogP contribution in [0.3, 0.4) is 0 Å². The summed E-state index contributed by atoms with van der Waals surface area (Å²) in [7, 11) is 2.15. The van der Waals surface area contributed by atoms with Crippen molar-refractivity contribution in [2.75, 3.05) is 11.9 Å². The summed E-state index contributed by atoms with van der Waals surface area (Å²) in [5.74, 6) is 0.280. The molecule has 1 saturated carbocycles. The Labute approximate surface area is 111 Å². The van der Waals surface area contributed by atoms with Gasteiger partial charge in [0.1, 0.15) is 0 Å². The third-order valence-corrected chi connectivity index (χ3v) is 4.14. The normalized spacial score (nSPS) is 24.1. The summed E-state index contributed by atoms with van der Waals surface area (Å²) in [6.45, 7) is 0. The summed E-state index contributed by atoms with van der Waals surface area (Å²) in [6.07, 6.45) is 4.33. The van der Waals surface area contributed by atoms with Gasteiger partial charge in [0, 0.05) is 29.2 Å². The third kappa shape index (κ3) is 3.01. The average molecular weight is 293 g/mol. The Morgan fingerprint density at radius 3 is 2.59 bits per heavy atom. The zero-order chi connectivity index (χ0) is 12.3. The van der Waals surface area contributed by atoms with Crippen LogP contribution >= 0.6 is 15.9 Å². The number of nitriles is 1. The molecule has 0 atom stereocenters. The van der Waals surface area contributed by atoms with Crippen LogP contribution in [0, 0.1) is 17.2 Å². The third-order valence-electron chi connectivity index (χ3n) is 3.64. The van der Waals surface area contributed by atoms with Crippen molar-refractivity contribution < 1.29 is 0 Å². The lowest BCUT2D eigenvalue weighted by molar-refractivity contribution is 0.372. The van der Waals surface area contributed by atoms with Crippen LogP contribution < -0.4 is 4.90 Å². The van der Waals surface area contributed by atoms with Crippen LogP contribution in [-0.2, 0) is 0 Å². The molecule has 0 amide bonds. The Kier molecular flexibility index (Phi) is 4.06. The van der Waals surface area contributed by atoms with Gasteiger partial charge in [0.2, 0.25) is 0 Å². The smallest absolute Gasteiger partial charge is 0.0655 e. The number of hydrogen-bond donors (Lipinski definition) is 0. The maximum absolute atomic E-state index is 8.90.